The number of benzene rings is 1. The molecule has 2 rings (SSSR count). The summed E-state index contributed by atoms with van der Waals surface area (Å²) in [5.74, 6) is 1.40. The quantitative estimate of drug-likeness (QED) is 0.622. The van der Waals surface area contributed by atoms with Crippen molar-refractivity contribution in [3.05, 3.63) is 35.4 Å². The standard InChI is InChI=1S/C20H34N4/c1-5-12-24-13-10-19(11-14-24)23-20(21-4)22-15-17(3)18-8-6-16(2)7-9-18/h6-9,17,19H,5,10-15H2,1-4H3,(H2,21,22,23). The van der Waals surface area contributed by atoms with Gasteiger partial charge in [-0.3, -0.25) is 4.99 Å². The monoisotopic (exact) mass is 330 g/mol. The van der Waals surface area contributed by atoms with Gasteiger partial charge in [0.25, 0.3) is 0 Å². The Balaban J connectivity index is 1.75. The molecular weight excluding hydrogens is 296 g/mol. The Morgan fingerprint density at radius 3 is 2.50 bits per heavy atom. The number of rotatable bonds is 6. The molecule has 1 saturated heterocycles. The van der Waals surface area contributed by atoms with Gasteiger partial charge in [0.2, 0.25) is 0 Å². The molecule has 0 radical (unpaired) electrons. The Morgan fingerprint density at radius 2 is 1.92 bits per heavy atom. The predicted molar refractivity (Wildman–Crippen MR) is 104 cm³/mol. The average molecular weight is 331 g/mol. The summed E-state index contributed by atoms with van der Waals surface area (Å²) < 4.78 is 0. The summed E-state index contributed by atoms with van der Waals surface area (Å²) >= 11 is 0. The third-order valence-electron chi connectivity index (χ3n) is 4.91. The molecule has 0 aromatic heterocycles. The molecule has 4 heteroatoms. The van der Waals surface area contributed by atoms with Crippen molar-refractivity contribution in [2.24, 2.45) is 4.99 Å². The summed E-state index contributed by atoms with van der Waals surface area (Å²) in [7, 11) is 1.86. The van der Waals surface area contributed by atoms with Gasteiger partial charge >= 0.3 is 0 Å². The number of aryl methyl sites for hydroxylation is 1. The molecule has 0 bridgehead atoms. The molecule has 1 fully saturated rings. The molecule has 2 N–H and O–H groups in total. The Morgan fingerprint density at radius 1 is 1.25 bits per heavy atom. The Hall–Kier alpha value is -1.55. The third-order valence-corrected chi connectivity index (χ3v) is 4.91. The minimum absolute atomic E-state index is 0.468. The van der Waals surface area contributed by atoms with E-state index in [1.807, 2.05) is 7.05 Å². The number of hydrogen-bond acceptors (Lipinski definition) is 2. The molecular formula is C20H34N4. The summed E-state index contributed by atoms with van der Waals surface area (Å²) in [6, 6.07) is 9.35. The van der Waals surface area contributed by atoms with Gasteiger partial charge in [-0.2, -0.15) is 0 Å². The van der Waals surface area contributed by atoms with Crippen molar-refractivity contribution >= 4 is 5.96 Å². The molecule has 0 amide bonds. The van der Waals surface area contributed by atoms with Gasteiger partial charge in [-0.05, 0) is 44.2 Å². The highest BCUT2D eigenvalue weighted by molar-refractivity contribution is 5.80. The lowest BCUT2D eigenvalue weighted by Crippen LogP contribution is -2.49. The van der Waals surface area contributed by atoms with Crippen LogP contribution in [0.15, 0.2) is 29.3 Å². The molecule has 1 unspecified atom stereocenters. The number of likely N-dealkylation sites (tertiary alicyclic amines) is 1. The highest BCUT2D eigenvalue weighted by Crippen LogP contribution is 2.15. The highest BCUT2D eigenvalue weighted by atomic mass is 15.2. The van der Waals surface area contributed by atoms with Gasteiger partial charge in [0, 0.05) is 32.7 Å². The lowest BCUT2D eigenvalue weighted by Gasteiger charge is -2.33. The van der Waals surface area contributed by atoms with Crippen molar-refractivity contribution in [1.29, 1.82) is 0 Å². The van der Waals surface area contributed by atoms with E-state index in [0.717, 1.165) is 12.5 Å². The van der Waals surface area contributed by atoms with Crippen LogP contribution >= 0.6 is 0 Å². The fourth-order valence-corrected chi connectivity index (χ4v) is 3.27. The van der Waals surface area contributed by atoms with Crippen LogP contribution in [-0.2, 0) is 0 Å². The topological polar surface area (TPSA) is 39.7 Å². The first kappa shape index (κ1) is 18.8. The molecule has 1 aromatic carbocycles. The zero-order valence-electron chi connectivity index (χ0n) is 15.8. The molecule has 1 aliphatic rings. The number of nitrogens with one attached hydrogen (secondary N) is 2. The first-order valence-corrected chi connectivity index (χ1v) is 9.38. The predicted octanol–water partition coefficient (Wildman–Crippen LogP) is 3.14. The maximum Gasteiger partial charge on any atom is 0.191 e. The van der Waals surface area contributed by atoms with Crippen LogP contribution in [0.4, 0.5) is 0 Å². The summed E-state index contributed by atoms with van der Waals surface area (Å²) in [6.45, 7) is 11.2. The average Bonchev–Trinajstić information content (AvgIpc) is 2.60. The fourth-order valence-electron chi connectivity index (χ4n) is 3.27. The lowest BCUT2D eigenvalue weighted by atomic mass is 10.00. The van der Waals surface area contributed by atoms with Crippen LogP contribution in [0.3, 0.4) is 0 Å². The molecule has 24 heavy (non-hydrogen) atoms. The van der Waals surface area contributed by atoms with Gasteiger partial charge in [-0.1, -0.05) is 43.7 Å². The largest absolute Gasteiger partial charge is 0.356 e. The van der Waals surface area contributed by atoms with Crippen LogP contribution in [0, 0.1) is 6.92 Å². The maximum absolute atomic E-state index is 4.40. The molecule has 1 aliphatic heterocycles. The summed E-state index contributed by atoms with van der Waals surface area (Å²) in [5.41, 5.74) is 2.68. The molecule has 1 aromatic rings. The van der Waals surface area contributed by atoms with Crippen LogP contribution < -0.4 is 10.6 Å². The number of guanidine groups is 1. The molecule has 4 nitrogen and oxygen atoms in total. The van der Waals surface area contributed by atoms with Gasteiger partial charge in [0.1, 0.15) is 0 Å². The summed E-state index contributed by atoms with van der Waals surface area (Å²) in [6.07, 6.45) is 3.65. The van der Waals surface area contributed by atoms with Gasteiger partial charge < -0.3 is 15.5 Å². The lowest BCUT2D eigenvalue weighted by molar-refractivity contribution is 0.206. The van der Waals surface area contributed by atoms with Crippen LogP contribution in [0.25, 0.3) is 0 Å². The van der Waals surface area contributed by atoms with Crippen LogP contribution in [0.1, 0.15) is 50.2 Å². The molecule has 1 heterocycles. The molecule has 0 saturated carbocycles. The van der Waals surface area contributed by atoms with Crippen molar-refractivity contribution in [3.63, 3.8) is 0 Å². The molecule has 134 valence electrons. The van der Waals surface area contributed by atoms with Gasteiger partial charge in [-0.15, -0.1) is 0 Å². The molecule has 0 spiro atoms. The Bertz CT molecular complexity index is 501. The van der Waals surface area contributed by atoms with E-state index in [1.54, 1.807) is 0 Å². The van der Waals surface area contributed by atoms with E-state index < -0.39 is 0 Å². The zero-order chi connectivity index (χ0) is 17.4. The van der Waals surface area contributed by atoms with Crippen molar-refractivity contribution < 1.29 is 0 Å². The minimum Gasteiger partial charge on any atom is -0.356 e. The number of nitrogens with zero attached hydrogens (tertiary/aromatic N) is 2. The first-order valence-electron chi connectivity index (χ1n) is 9.38. The first-order chi connectivity index (χ1) is 11.6. The van der Waals surface area contributed by atoms with E-state index >= 15 is 0 Å². The van der Waals surface area contributed by atoms with Crippen molar-refractivity contribution in [3.8, 4) is 0 Å². The highest BCUT2D eigenvalue weighted by Gasteiger charge is 2.19. The maximum atomic E-state index is 4.40. The van der Waals surface area contributed by atoms with Gasteiger partial charge in [-0.25, -0.2) is 0 Å². The summed E-state index contributed by atoms with van der Waals surface area (Å²) in [5, 5.41) is 7.09. The number of piperidine rings is 1. The molecule has 1 atom stereocenters. The van der Waals surface area contributed by atoms with E-state index in [2.05, 4.69) is 65.6 Å². The van der Waals surface area contributed by atoms with E-state index in [4.69, 9.17) is 0 Å². The second-order valence-corrected chi connectivity index (χ2v) is 7.03. The second kappa shape index (κ2) is 9.67. The van der Waals surface area contributed by atoms with Gasteiger partial charge in [0.15, 0.2) is 5.96 Å². The summed E-state index contributed by atoms with van der Waals surface area (Å²) in [4.78, 5) is 6.96. The SMILES string of the molecule is CCCN1CCC(NC(=NC)NCC(C)c2ccc(C)cc2)CC1. The van der Waals surface area contributed by atoms with Crippen LogP contribution in [-0.4, -0.2) is 50.1 Å². The Kier molecular flexibility index (Phi) is 7.57. The van der Waals surface area contributed by atoms with Crippen LogP contribution in [0.2, 0.25) is 0 Å². The van der Waals surface area contributed by atoms with E-state index in [1.165, 1.54) is 50.0 Å². The normalized spacial score (nSPS) is 18.4. The van der Waals surface area contributed by atoms with Gasteiger partial charge in [0.05, 0.1) is 0 Å². The number of aliphatic imine (C=N–C) groups is 1. The smallest absolute Gasteiger partial charge is 0.191 e. The second-order valence-electron chi connectivity index (χ2n) is 7.03. The van der Waals surface area contributed by atoms with Crippen molar-refractivity contribution in [2.75, 3.05) is 33.2 Å². The van der Waals surface area contributed by atoms with E-state index in [-0.39, 0.29) is 0 Å². The van der Waals surface area contributed by atoms with E-state index in [0.29, 0.717) is 12.0 Å². The third kappa shape index (κ3) is 5.82. The van der Waals surface area contributed by atoms with Crippen molar-refractivity contribution in [1.82, 2.24) is 15.5 Å². The molecule has 0 aliphatic carbocycles. The Labute approximate surface area is 147 Å². The van der Waals surface area contributed by atoms with Crippen molar-refractivity contribution in [2.45, 2.75) is 52.0 Å². The van der Waals surface area contributed by atoms with E-state index in [9.17, 15) is 0 Å². The number of hydrogen-bond donors (Lipinski definition) is 2. The zero-order valence-corrected chi connectivity index (χ0v) is 15.8. The fraction of sp³-hybridized carbons (Fsp3) is 0.650. The van der Waals surface area contributed by atoms with Crippen LogP contribution in [0.5, 0.6) is 0 Å². The minimum atomic E-state index is 0.468.